The zero-order valence-corrected chi connectivity index (χ0v) is 19.8. The predicted molar refractivity (Wildman–Crippen MR) is 138 cm³/mol. The second-order valence-electron chi connectivity index (χ2n) is 9.18. The third-order valence-corrected chi connectivity index (χ3v) is 6.81. The van der Waals surface area contributed by atoms with Gasteiger partial charge in [-0.05, 0) is 68.0 Å². The summed E-state index contributed by atoms with van der Waals surface area (Å²) in [4.78, 5) is 4.71. The normalized spacial score (nSPS) is 20.7. The molecule has 0 bridgehead atoms. The van der Waals surface area contributed by atoms with Gasteiger partial charge in [0.2, 0.25) is 0 Å². The first-order chi connectivity index (χ1) is 15.8. The lowest BCUT2D eigenvalue weighted by Gasteiger charge is -2.48. The summed E-state index contributed by atoms with van der Waals surface area (Å²) in [6.07, 6.45) is 13.9. The van der Waals surface area contributed by atoms with Crippen LogP contribution in [0.25, 0.3) is 23.1 Å². The number of allylic oxidation sites excluding steroid dienone is 3. The highest BCUT2D eigenvalue weighted by Crippen LogP contribution is 2.47. The zero-order chi connectivity index (χ0) is 23.5. The van der Waals surface area contributed by atoms with Crippen molar-refractivity contribution in [1.29, 1.82) is 0 Å². The zero-order valence-electron chi connectivity index (χ0n) is 19.1. The number of nitrogens with zero attached hydrogens (tertiary/aromatic N) is 1. The maximum absolute atomic E-state index is 11.4. The van der Waals surface area contributed by atoms with E-state index in [9.17, 15) is 10.2 Å². The fourth-order valence-electron chi connectivity index (χ4n) is 4.92. The van der Waals surface area contributed by atoms with Gasteiger partial charge in [0.05, 0.1) is 16.8 Å². The minimum atomic E-state index is -0.990. The number of halogens is 1. The minimum Gasteiger partial charge on any atom is -0.396 e. The molecule has 0 saturated carbocycles. The molecule has 1 aromatic heterocycles. The van der Waals surface area contributed by atoms with Gasteiger partial charge < -0.3 is 10.2 Å². The van der Waals surface area contributed by atoms with E-state index < -0.39 is 11.0 Å². The van der Waals surface area contributed by atoms with Gasteiger partial charge in [-0.1, -0.05) is 78.4 Å². The summed E-state index contributed by atoms with van der Waals surface area (Å²) in [7, 11) is 0. The topological polar surface area (TPSA) is 53.4 Å². The quantitative estimate of drug-likeness (QED) is 0.419. The molecule has 0 saturated heterocycles. The number of aliphatic hydroxyl groups is 2. The van der Waals surface area contributed by atoms with Gasteiger partial charge in [-0.15, -0.1) is 0 Å². The van der Waals surface area contributed by atoms with Gasteiger partial charge in [-0.3, -0.25) is 0 Å². The lowest BCUT2D eigenvalue weighted by Crippen LogP contribution is -2.51. The molecule has 2 N–H and O–H groups in total. The number of hydrogen-bond acceptors (Lipinski definition) is 3. The van der Waals surface area contributed by atoms with Crippen molar-refractivity contribution >= 4 is 34.7 Å². The van der Waals surface area contributed by atoms with Gasteiger partial charge in [0.25, 0.3) is 0 Å². The highest BCUT2D eigenvalue weighted by atomic mass is 35.5. The number of benzene rings is 2. The third-order valence-electron chi connectivity index (χ3n) is 6.57. The summed E-state index contributed by atoms with van der Waals surface area (Å²) < 4.78 is 0. The van der Waals surface area contributed by atoms with Crippen molar-refractivity contribution < 1.29 is 10.2 Å². The van der Waals surface area contributed by atoms with E-state index in [2.05, 4.69) is 30.4 Å². The Morgan fingerprint density at radius 2 is 1.88 bits per heavy atom. The van der Waals surface area contributed by atoms with Crippen LogP contribution < -0.4 is 0 Å². The van der Waals surface area contributed by atoms with Crippen LogP contribution in [-0.4, -0.2) is 27.4 Å². The fourth-order valence-corrected chi connectivity index (χ4v) is 5.08. The van der Waals surface area contributed by atoms with E-state index in [-0.39, 0.29) is 12.5 Å². The first kappa shape index (κ1) is 23.4. The van der Waals surface area contributed by atoms with Gasteiger partial charge in [-0.25, -0.2) is 4.98 Å². The molecule has 0 amide bonds. The second-order valence-corrected chi connectivity index (χ2v) is 9.61. The van der Waals surface area contributed by atoms with E-state index in [0.717, 1.165) is 34.1 Å². The van der Waals surface area contributed by atoms with Crippen LogP contribution in [0.5, 0.6) is 0 Å². The lowest BCUT2D eigenvalue weighted by molar-refractivity contribution is -0.00707. The standard InChI is InChI=1S/C29H30ClNO2/c1-28(2,33)29(17-4-3-8-23(29)10-6-18-32)24-9-5-7-21(19-24)11-15-26-16-13-22-12-14-25(30)20-27(22)31-26/h3-5,7-9,11-17,19-20,23,32-33H,6,10,18H2,1-2H3/b15-11+. The molecule has 2 unspecified atom stereocenters. The van der Waals surface area contributed by atoms with Crippen LogP contribution in [0.15, 0.2) is 78.9 Å². The Morgan fingerprint density at radius 3 is 2.67 bits per heavy atom. The number of rotatable bonds is 7. The molecule has 3 nitrogen and oxygen atoms in total. The summed E-state index contributed by atoms with van der Waals surface area (Å²) in [6, 6.07) is 18.1. The van der Waals surface area contributed by atoms with Crippen LogP contribution in [0.4, 0.5) is 0 Å². The van der Waals surface area contributed by atoms with E-state index in [0.29, 0.717) is 11.4 Å². The SMILES string of the molecule is CC(C)(O)C1(c2cccc(/C=C/c3ccc4ccc(Cl)cc4n3)c2)C=CC=CC1CCCO. The van der Waals surface area contributed by atoms with Crippen molar-refractivity contribution in [3.8, 4) is 0 Å². The Kier molecular flexibility index (Phi) is 6.85. The van der Waals surface area contributed by atoms with E-state index in [1.165, 1.54) is 0 Å². The van der Waals surface area contributed by atoms with Gasteiger partial charge in [0.15, 0.2) is 0 Å². The Balaban J connectivity index is 1.70. The van der Waals surface area contributed by atoms with E-state index in [1.807, 2.05) is 74.5 Å². The predicted octanol–water partition coefficient (Wildman–Crippen LogP) is 6.58. The molecule has 33 heavy (non-hydrogen) atoms. The van der Waals surface area contributed by atoms with E-state index in [4.69, 9.17) is 16.6 Å². The van der Waals surface area contributed by atoms with Gasteiger partial charge in [-0.2, -0.15) is 0 Å². The summed E-state index contributed by atoms with van der Waals surface area (Å²) in [5.74, 6) is 0.0841. The Hall–Kier alpha value is -2.72. The van der Waals surface area contributed by atoms with Crippen LogP contribution in [0.2, 0.25) is 5.02 Å². The molecule has 1 aliphatic rings. The molecule has 1 heterocycles. The number of aromatic nitrogens is 1. The first-order valence-electron chi connectivity index (χ1n) is 11.4. The smallest absolute Gasteiger partial charge is 0.0728 e. The highest BCUT2D eigenvalue weighted by molar-refractivity contribution is 6.31. The first-order valence-corrected chi connectivity index (χ1v) is 11.8. The van der Waals surface area contributed by atoms with Crippen LogP contribution >= 0.6 is 11.6 Å². The van der Waals surface area contributed by atoms with Crippen molar-refractivity contribution in [2.24, 2.45) is 5.92 Å². The maximum atomic E-state index is 11.4. The summed E-state index contributed by atoms with van der Waals surface area (Å²) >= 11 is 6.13. The molecule has 0 spiro atoms. The second kappa shape index (κ2) is 9.64. The van der Waals surface area contributed by atoms with Crippen LogP contribution in [0.3, 0.4) is 0 Å². The van der Waals surface area contributed by atoms with E-state index in [1.54, 1.807) is 0 Å². The number of aliphatic hydroxyl groups excluding tert-OH is 1. The van der Waals surface area contributed by atoms with Gasteiger partial charge in [0, 0.05) is 22.4 Å². The molecular formula is C29H30ClNO2. The maximum Gasteiger partial charge on any atom is 0.0728 e. The Bertz CT molecular complexity index is 1220. The van der Waals surface area contributed by atoms with Crippen molar-refractivity contribution in [2.45, 2.75) is 37.7 Å². The molecule has 4 rings (SSSR count). The van der Waals surface area contributed by atoms with Crippen molar-refractivity contribution in [1.82, 2.24) is 4.98 Å². The Labute approximate surface area is 200 Å². The summed E-state index contributed by atoms with van der Waals surface area (Å²) in [5, 5.41) is 22.5. The highest BCUT2D eigenvalue weighted by Gasteiger charge is 2.48. The third kappa shape index (κ3) is 4.81. The van der Waals surface area contributed by atoms with Crippen LogP contribution in [0.1, 0.15) is 43.5 Å². The number of hydrogen-bond donors (Lipinski definition) is 2. The van der Waals surface area contributed by atoms with Crippen molar-refractivity contribution in [2.75, 3.05) is 6.61 Å². The average Bonchev–Trinajstić information content (AvgIpc) is 2.80. The number of fused-ring (bicyclic) bond motifs is 1. The molecule has 0 radical (unpaired) electrons. The molecule has 0 aliphatic heterocycles. The molecule has 1 aliphatic carbocycles. The molecule has 2 atom stereocenters. The van der Waals surface area contributed by atoms with Crippen LogP contribution in [-0.2, 0) is 5.41 Å². The number of pyridine rings is 1. The summed E-state index contributed by atoms with van der Waals surface area (Å²) in [5.41, 5.74) is 2.24. The lowest BCUT2D eigenvalue weighted by atomic mass is 9.58. The van der Waals surface area contributed by atoms with Gasteiger partial charge >= 0.3 is 0 Å². The Morgan fingerprint density at radius 1 is 1.06 bits per heavy atom. The van der Waals surface area contributed by atoms with Crippen molar-refractivity contribution in [3.63, 3.8) is 0 Å². The fraction of sp³-hybridized carbons (Fsp3) is 0.276. The minimum absolute atomic E-state index is 0.0841. The summed E-state index contributed by atoms with van der Waals surface area (Å²) in [6.45, 7) is 3.88. The molecular weight excluding hydrogens is 430 g/mol. The van der Waals surface area contributed by atoms with Gasteiger partial charge in [0.1, 0.15) is 0 Å². The average molecular weight is 460 g/mol. The molecule has 3 aromatic rings. The van der Waals surface area contributed by atoms with Crippen LogP contribution in [0, 0.1) is 5.92 Å². The molecule has 4 heteroatoms. The largest absolute Gasteiger partial charge is 0.396 e. The van der Waals surface area contributed by atoms with E-state index >= 15 is 0 Å². The molecule has 170 valence electrons. The monoisotopic (exact) mass is 459 g/mol. The molecule has 2 aromatic carbocycles. The van der Waals surface area contributed by atoms with Crippen molar-refractivity contribution in [3.05, 3.63) is 101 Å². The molecule has 0 fully saturated rings.